The van der Waals surface area contributed by atoms with Crippen molar-refractivity contribution in [2.45, 2.75) is 17.2 Å². The number of rotatable bonds is 1. The maximum absolute atomic E-state index is 8.93. The molecule has 0 unspecified atom stereocenters. The van der Waals surface area contributed by atoms with Crippen LogP contribution < -0.4 is 0 Å². The molecular formula is C14H18O2S2. The highest BCUT2D eigenvalue weighted by Gasteiger charge is 1.88. The quantitative estimate of drug-likeness (QED) is 0.535. The van der Waals surface area contributed by atoms with Gasteiger partial charge in [-0.2, -0.15) is 0 Å². The van der Waals surface area contributed by atoms with Crippen LogP contribution in [-0.2, 0) is 0 Å². The molecule has 98 valence electrons. The molecule has 0 bridgehead atoms. The zero-order chi connectivity index (χ0) is 12.7. The van der Waals surface area contributed by atoms with E-state index in [4.69, 9.17) is 10.2 Å². The van der Waals surface area contributed by atoms with Crippen LogP contribution in [0.15, 0.2) is 58.3 Å². The van der Waals surface area contributed by atoms with Gasteiger partial charge in [-0.1, -0.05) is 19.6 Å². The molecule has 18 heavy (non-hydrogen) atoms. The van der Waals surface area contributed by atoms with Crippen molar-refractivity contribution in [2.75, 3.05) is 6.26 Å². The molecule has 0 saturated heterocycles. The predicted molar refractivity (Wildman–Crippen MR) is 82.0 cm³/mol. The summed E-state index contributed by atoms with van der Waals surface area (Å²) in [4.78, 5) is 1.88. The van der Waals surface area contributed by atoms with Gasteiger partial charge in [0.2, 0.25) is 0 Å². The van der Waals surface area contributed by atoms with E-state index >= 15 is 0 Å². The molecule has 2 nitrogen and oxygen atoms in total. The van der Waals surface area contributed by atoms with E-state index in [0.29, 0.717) is 5.75 Å². The lowest BCUT2D eigenvalue weighted by molar-refractivity contribution is 0.473. The van der Waals surface area contributed by atoms with Crippen LogP contribution in [0.1, 0.15) is 7.43 Å². The third kappa shape index (κ3) is 6.47. The van der Waals surface area contributed by atoms with Gasteiger partial charge in [0, 0.05) is 9.79 Å². The predicted octanol–water partition coefficient (Wildman–Crippen LogP) is 4.43. The number of thiol groups is 1. The van der Waals surface area contributed by atoms with Gasteiger partial charge in [-0.05, 0) is 42.7 Å². The van der Waals surface area contributed by atoms with Gasteiger partial charge < -0.3 is 10.2 Å². The zero-order valence-corrected chi connectivity index (χ0v) is 11.1. The number of hydrogen-bond acceptors (Lipinski definition) is 4. The second kappa shape index (κ2) is 8.78. The third-order valence-electron chi connectivity index (χ3n) is 1.88. The molecule has 4 heteroatoms. The Morgan fingerprint density at radius 2 is 1.50 bits per heavy atom. The summed E-state index contributed by atoms with van der Waals surface area (Å²) in [5.41, 5.74) is 0. The van der Waals surface area contributed by atoms with Crippen LogP contribution in [0.5, 0.6) is 11.5 Å². The van der Waals surface area contributed by atoms with Crippen molar-refractivity contribution in [3.05, 3.63) is 48.5 Å². The Hall–Kier alpha value is -1.26. The number of aromatic hydroxyl groups is 2. The Morgan fingerprint density at radius 1 is 0.944 bits per heavy atom. The van der Waals surface area contributed by atoms with Crippen LogP contribution in [0, 0.1) is 0 Å². The SMILES string of the molecule is C.CSc1cccc(O)c1.Oc1cccc(S)c1. The average Bonchev–Trinajstić information content (AvgIpc) is 2.29. The molecular weight excluding hydrogens is 264 g/mol. The summed E-state index contributed by atoms with van der Waals surface area (Å²) in [5.74, 6) is 0.597. The molecule has 0 aromatic heterocycles. The van der Waals surface area contributed by atoms with E-state index in [1.807, 2.05) is 24.5 Å². The average molecular weight is 282 g/mol. The van der Waals surface area contributed by atoms with Crippen molar-refractivity contribution < 1.29 is 10.2 Å². The normalized spacial score (nSPS) is 8.78. The smallest absolute Gasteiger partial charge is 0.116 e. The first-order valence-corrected chi connectivity index (χ1v) is 6.60. The summed E-state index contributed by atoms with van der Waals surface area (Å²) in [7, 11) is 0. The fourth-order valence-corrected chi connectivity index (χ4v) is 1.78. The summed E-state index contributed by atoms with van der Waals surface area (Å²) in [6, 6.07) is 14.0. The van der Waals surface area contributed by atoms with E-state index in [1.54, 1.807) is 42.1 Å². The lowest BCUT2D eigenvalue weighted by Crippen LogP contribution is -1.66. The van der Waals surface area contributed by atoms with Crippen LogP contribution in [-0.4, -0.2) is 16.5 Å². The first-order valence-electron chi connectivity index (χ1n) is 4.93. The maximum Gasteiger partial charge on any atom is 0.116 e. The van der Waals surface area contributed by atoms with E-state index < -0.39 is 0 Å². The Kier molecular flexibility index (Phi) is 8.16. The van der Waals surface area contributed by atoms with Crippen LogP contribution >= 0.6 is 24.4 Å². The summed E-state index contributed by atoms with van der Waals surface area (Å²) in [6.45, 7) is 0. The first-order chi connectivity index (χ1) is 8.11. The fourth-order valence-electron chi connectivity index (χ4n) is 1.10. The Bertz CT molecular complexity index is 456. The number of phenolic OH excluding ortho intramolecular Hbond substituents is 2. The van der Waals surface area contributed by atoms with Gasteiger partial charge in [0.1, 0.15) is 11.5 Å². The molecule has 0 aliphatic carbocycles. The molecule has 2 rings (SSSR count). The largest absolute Gasteiger partial charge is 0.508 e. The van der Waals surface area contributed by atoms with E-state index in [2.05, 4.69) is 12.6 Å². The Balaban J connectivity index is 0.000000306. The summed E-state index contributed by atoms with van der Waals surface area (Å²) in [5, 5.41) is 17.7. The summed E-state index contributed by atoms with van der Waals surface area (Å²) < 4.78 is 0. The lowest BCUT2D eigenvalue weighted by atomic mass is 10.3. The maximum atomic E-state index is 8.93. The molecule has 0 atom stereocenters. The Morgan fingerprint density at radius 3 is 1.83 bits per heavy atom. The van der Waals surface area contributed by atoms with E-state index in [0.717, 1.165) is 9.79 Å². The zero-order valence-electron chi connectivity index (χ0n) is 9.37. The molecule has 0 heterocycles. The van der Waals surface area contributed by atoms with Crippen molar-refractivity contribution in [3.8, 4) is 11.5 Å². The number of thioether (sulfide) groups is 1. The molecule has 2 aromatic rings. The van der Waals surface area contributed by atoms with Gasteiger partial charge in [0.25, 0.3) is 0 Å². The molecule has 0 spiro atoms. The minimum atomic E-state index is 0. The van der Waals surface area contributed by atoms with Crippen LogP contribution in [0.4, 0.5) is 0 Å². The van der Waals surface area contributed by atoms with Crippen LogP contribution in [0.25, 0.3) is 0 Å². The van der Waals surface area contributed by atoms with Crippen LogP contribution in [0.2, 0.25) is 0 Å². The van der Waals surface area contributed by atoms with Gasteiger partial charge in [0.05, 0.1) is 0 Å². The lowest BCUT2D eigenvalue weighted by Gasteiger charge is -1.93. The molecule has 0 saturated carbocycles. The van der Waals surface area contributed by atoms with Gasteiger partial charge in [-0.3, -0.25) is 0 Å². The van der Waals surface area contributed by atoms with Crippen molar-refractivity contribution in [1.29, 1.82) is 0 Å². The standard InChI is InChI=1S/C7H8OS.C6H6OS.CH4/c1-9-7-4-2-3-6(8)5-7;7-5-2-1-3-6(8)4-5;/h2-5,8H,1H3;1-4,7-8H;1H4. The van der Waals surface area contributed by atoms with Gasteiger partial charge >= 0.3 is 0 Å². The van der Waals surface area contributed by atoms with Crippen molar-refractivity contribution in [1.82, 2.24) is 0 Å². The second-order valence-corrected chi connectivity index (χ2v) is 4.62. The highest BCUT2D eigenvalue weighted by atomic mass is 32.2. The van der Waals surface area contributed by atoms with Crippen LogP contribution in [0.3, 0.4) is 0 Å². The molecule has 2 N–H and O–H groups in total. The van der Waals surface area contributed by atoms with Gasteiger partial charge in [-0.25, -0.2) is 0 Å². The highest BCUT2D eigenvalue weighted by molar-refractivity contribution is 7.98. The molecule has 0 radical (unpaired) electrons. The molecule has 0 aliphatic heterocycles. The molecule has 2 aromatic carbocycles. The number of hydrogen-bond donors (Lipinski definition) is 3. The monoisotopic (exact) mass is 282 g/mol. The van der Waals surface area contributed by atoms with Gasteiger partial charge in [-0.15, -0.1) is 24.4 Å². The topological polar surface area (TPSA) is 40.5 Å². The van der Waals surface area contributed by atoms with Crippen molar-refractivity contribution in [2.24, 2.45) is 0 Å². The van der Waals surface area contributed by atoms with E-state index in [-0.39, 0.29) is 13.2 Å². The molecule has 0 fully saturated rings. The highest BCUT2D eigenvalue weighted by Crippen LogP contribution is 2.18. The molecule has 0 amide bonds. The number of benzene rings is 2. The third-order valence-corrected chi connectivity index (χ3v) is 2.89. The summed E-state index contributed by atoms with van der Waals surface area (Å²) >= 11 is 5.62. The molecule has 0 aliphatic rings. The minimum absolute atomic E-state index is 0. The summed E-state index contributed by atoms with van der Waals surface area (Å²) in [6.07, 6.45) is 1.98. The second-order valence-electron chi connectivity index (χ2n) is 3.22. The van der Waals surface area contributed by atoms with Crippen molar-refractivity contribution >= 4 is 24.4 Å². The van der Waals surface area contributed by atoms with E-state index in [1.165, 1.54) is 0 Å². The minimum Gasteiger partial charge on any atom is -0.508 e. The van der Waals surface area contributed by atoms with Gasteiger partial charge in [0.15, 0.2) is 0 Å². The fraction of sp³-hybridized carbons (Fsp3) is 0.143. The van der Waals surface area contributed by atoms with E-state index in [9.17, 15) is 0 Å². The number of phenols is 2. The first kappa shape index (κ1) is 16.7. The Labute approximate surface area is 118 Å². The van der Waals surface area contributed by atoms with Crippen molar-refractivity contribution in [3.63, 3.8) is 0 Å².